The third kappa shape index (κ3) is 6.68. The number of halogens is 2. The second-order valence-corrected chi connectivity index (χ2v) is 11.2. The number of pyridine rings is 1. The number of hydrogen-bond acceptors (Lipinski definition) is 7. The van der Waals surface area contributed by atoms with E-state index in [0.29, 0.717) is 29.6 Å². The summed E-state index contributed by atoms with van der Waals surface area (Å²) < 4.78 is 30.1. The highest BCUT2D eigenvalue weighted by atomic mass is 35.5. The van der Waals surface area contributed by atoms with Crippen molar-refractivity contribution in [1.29, 1.82) is 0 Å². The molecule has 6 rings (SSSR count). The second kappa shape index (κ2) is 13.0. The summed E-state index contributed by atoms with van der Waals surface area (Å²) in [6.45, 7) is 5.76. The van der Waals surface area contributed by atoms with Crippen LogP contribution in [0.15, 0.2) is 67.3 Å². The molecule has 1 aliphatic rings. The van der Waals surface area contributed by atoms with E-state index in [4.69, 9.17) is 26.1 Å². The van der Waals surface area contributed by atoms with Crippen molar-refractivity contribution in [3.8, 4) is 11.5 Å². The standard InChI is InChI=1S/C32H32ClFN6O4/c1-2-39-20-35-16-24(39)17-40-29-13-21(32(41)42)3-5-28(29)37-31(40)18-38-11-8-25(9-12-38)44-26-7-10-36-23(15-26)19-43-30-6-4-22(33)14-27(30)34/h3-7,10,13-16,20,25H,2,8-9,11-12,17-19H2,1H3,(H,41,42). The Morgan fingerprint density at radius 2 is 1.95 bits per heavy atom. The first-order valence-electron chi connectivity index (χ1n) is 14.5. The van der Waals surface area contributed by atoms with Crippen LogP contribution in [0, 0.1) is 5.82 Å². The minimum atomic E-state index is -0.967. The minimum absolute atomic E-state index is 0.0342. The Bertz CT molecular complexity index is 1780. The van der Waals surface area contributed by atoms with Crippen molar-refractivity contribution in [1.82, 2.24) is 29.0 Å². The fraction of sp³-hybridized carbons (Fsp3) is 0.312. The third-order valence-corrected chi connectivity index (χ3v) is 8.03. The molecule has 10 nitrogen and oxygen atoms in total. The number of likely N-dealkylation sites (tertiary alicyclic amines) is 1. The molecule has 0 bridgehead atoms. The maximum atomic E-state index is 14.1. The van der Waals surface area contributed by atoms with Gasteiger partial charge in [-0.15, -0.1) is 0 Å². The average Bonchev–Trinajstić information content (AvgIpc) is 3.61. The number of ether oxygens (including phenoxy) is 2. The molecule has 1 fully saturated rings. The molecule has 0 unspecified atom stereocenters. The lowest BCUT2D eigenvalue weighted by molar-refractivity contribution is 0.0697. The number of carboxylic acids is 1. The molecule has 0 radical (unpaired) electrons. The maximum absolute atomic E-state index is 14.1. The van der Waals surface area contributed by atoms with Crippen LogP contribution in [0.4, 0.5) is 4.39 Å². The molecule has 0 saturated carbocycles. The van der Waals surface area contributed by atoms with Gasteiger partial charge in [0.05, 0.1) is 47.4 Å². The first-order chi connectivity index (χ1) is 21.4. The lowest BCUT2D eigenvalue weighted by Gasteiger charge is -2.32. The highest BCUT2D eigenvalue weighted by Crippen LogP contribution is 2.25. The van der Waals surface area contributed by atoms with E-state index in [1.165, 1.54) is 12.1 Å². The minimum Gasteiger partial charge on any atom is -0.490 e. The van der Waals surface area contributed by atoms with Crippen molar-refractivity contribution in [3.05, 3.63) is 101 Å². The molecular formula is C32H32ClFN6O4. The maximum Gasteiger partial charge on any atom is 0.335 e. The zero-order valence-electron chi connectivity index (χ0n) is 24.2. The van der Waals surface area contributed by atoms with Gasteiger partial charge >= 0.3 is 5.97 Å². The number of aromatic nitrogens is 5. The van der Waals surface area contributed by atoms with Gasteiger partial charge in [0.1, 0.15) is 24.3 Å². The van der Waals surface area contributed by atoms with Crippen LogP contribution in [-0.2, 0) is 26.2 Å². The van der Waals surface area contributed by atoms with Crippen molar-refractivity contribution in [2.24, 2.45) is 0 Å². The van der Waals surface area contributed by atoms with Crippen molar-refractivity contribution in [3.63, 3.8) is 0 Å². The number of fused-ring (bicyclic) bond motifs is 1. The molecule has 0 atom stereocenters. The first-order valence-corrected chi connectivity index (χ1v) is 14.9. The van der Waals surface area contributed by atoms with E-state index in [9.17, 15) is 14.3 Å². The molecule has 228 valence electrons. The first kappa shape index (κ1) is 29.6. The van der Waals surface area contributed by atoms with Crippen LogP contribution in [-0.4, -0.2) is 59.3 Å². The monoisotopic (exact) mass is 618 g/mol. The van der Waals surface area contributed by atoms with Crippen LogP contribution in [0.1, 0.15) is 47.3 Å². The number of carboxylic acid groups (broad SMARTS) is 1. The highest BCUT2D eigenvalue weighted by molar-refractivity contribution is 6.30. The van der Waals surface area contributed by atoms with E-state index in [0.717, 1.165) is 55.0 Å². The molecule has 1 aliphatic heterocycles. The summed E-state index contributed by atoms with van der Waals surface area (Å²) in [5.41, 5.74) is 3.44. The fourth-order valence-electron chi connectivity index (χ4n) is 5.46. The molecule has 1 saturated heterocycles. The smallest absolute Gasteiger partial charge is 0.335 e. The topological polar surface area (TPSA) is 108 Å². The van der Waals surface area contributed by atoms with E-state index in [1.807, 2.05) is 18.3 Å². The number of aryl methyl sites for hydroxylation is 1. The molecule has 4 heterocycles. The molecule has 0 aliphatic carbocycles. The summed E-state index contributed by atoms with van der Waals surface area (Å²) >= 11 is 5.82. The number of benzene rings is 2. The number of aromatic carboxylic acids is 1. The van der Waals surface area contributed by atoms with Crippen LogP contribution >= 0.6 is 11.6 Å². The van der Waals surface area contributed by atoms with Crippen LogP contribution in [0.2, 0.25) is 5.02 Å². The van der Waals surface area contributed by atoms with Gasteiger partial charge in [0, 0.05) is 43.1 Å². The van der Waals surface area contributed by atoms with Crippen LogP contribution in [0.25, 0.3) is 11.0 Å². The number of piperidine rings is 1. The van der Waals surface area contributed by atoms with Crippen molar-refractivity contribution in [2.75, 3.05) is 13.1 Å². The second-order valence-electron chi connectivity index (χ2n) is 10.7. The Balaban J connectivity index is 1.10. The van der Waals surface area contributed by atoms with Crippen LogP contribution in [0.5, 0.6) is 11.5 Å². The Labute approximate surface area is 258 Å². The quantitative estimate of drug-likeness (QED) is 0.198. The van der Waals surface area contributed by atoms with E-state index >= 15 is 0 Å². The lowest BCUT2D eigenvalue weighted by atomic mass is 10.1. The van der Waals surface area contributed by atoms with Gasteiger partial charge in [0.15, 0.2) is 11.6 Å². The Morgan fingerprint density at radius 1 is 1.11 bits per heavy atom. The predicted octanol–water partition coefficient (Wildman–Crippen LogP) is 5.81. The number of carbonyl (C=O) groups is 1. The molecule has 0 spiro atoms. The van der Waals surface area contributed by atoms with Crippen molar-refractivity contribution >= 4 is 28.6 Å². The van der Waals surface area contributed by atoms with Gasteiger partial charge in [-0.2, -0.15) is 0 Å². The van der Waals surface area contributed by atoms with Gasteiger partial charge in [-0.1, -0.05) is 11.6 Å². The van der Waals surface area contributed by atoms with Gasteiger partial charge in [0.25, 0.3) is 0 Å². The zero-order chi connectivity index (χ0) is 30.6. The lowest BCUT2D eigenvalue weighted by Crippen LogP contribution is -2.38. The molecular weight excluding hydrogens is 587 g/mol. The van der Waals surface area contributed by atoms with E-state index in [1.54, 1.807) is 36.8 Å². The Morgan fingerprint density at radius 3 is 2.73 bits per heavy atom. The van der Waals surface area contributed by atoms with Gasteiger partial charge in [-0.05, 0) is 62.2 Å². The molecule has 2 aromatic carbocycles. The summed E-state index contributed by atoms with van der Waals surface area (Å²) in [7, 11) is 0. The number of rotatable bonds is 11. The molecule has 5 aromatic rings. The van der Waals surface area contributed by atoms with Crippen LogP contribution in [0.3, 0.4) is 0 Å². The molecule has 12 heteroatoms. The largest absolute Gasteiger partial charge is 0.490 e. The van der Waals surface area contributed by atoms with Gasteiger partial charge in [0.2, 0.25) is 0 Å². The van der Waals surface area contributed by atoms with Gasteiger partial charge in [-0.25, -0.2) is 19.2 Å². The van der Waals surface area contributed by atoms with Gasteiger partial charge < -0.3 is 23.7 Å². The summed E-state index contributed by atoms with van der Waals surface area (Å²) in [5.74, 6) is 0.191. The number of hydrogen-bond donors (Lipinski definition) is 1. The summed E-state index contributed by atoms with van der Waals surface area (Å²) in [5, 5.41) is 9.90. The zero-order valence-corrected chi connectivity index (χ0v) is 25.0. The molecule has 0 amide bonds. The summed E-state index contributed by atoms with van der Waals surface area (Å²) in [4.78, 5) is 27.6. The Hall–Kier alpha value is -4.48. The van der Waals surface area contributed by atoms with E-state index in [-0.39, 0.29) is 24.0 Å². The normalized spacial score (nSPS) is 14.2. The third-order valence-electron chi connectivity index (χ3n) is 7.79. The highest BCUT2D eigenvalue weighted by Gasteiger charge is 2.24. The van der Waals surface area contributed by atoms with Crippen molar-refractivity contribution in [2.45, 2.75) is 52.1 Å². The fourth-order valence-corrected chi connectivity index (χ4v) is 5.62. The van der Waals surface area contributed by atoms with E-state index < -0.39 is 11.8 Å². The summed E-state index contributed by atoms with van der Waals surface area (Å²) in [6, 6.07) is 13.0. The number of imidazole rings is 2. The predicted molar refractivity (Wildman–Crippen MR) is 163 cm³/mol. The van der Waals surface area contributed by atoms with E-state index in [2.05, 4.69) is 30.9 Å². The van der Waals surface area contributed by atoms with Gasteiger partial charge in [-0.3, -0.25) is 9.88 Å². The molecule has 3 aromatic heterocycles. The SMILES string of the molecule is CCn1cncc1Cn1c(CN2CCC(Oc3ccnc(COc4ccc(Cl)cc4F)c3)CC2)nc2ccc(C(=O)O)cc21. The molecule has 44 heavy (non-hydrogen) atoms. The Kier molecular flexibility index (Phi) is 8.76. The number of nitrogens with zero attached hydrogens (tertiary/aromatic N) is 6. The molecule has 1 N–H and O–H groups in total. The average molecular weight is 619 g/mol. The van der Waals surface area contributed by atoms with Crippen LogP contribution < -0.4 is 9.47 Å². The summed E-state index contributed by atoms with van der Waals surface area (Å²) in [6.07, 6.45) is 7.00. The van der Waals surface area contributed by atoms with Crippen molar-refractivity contribution < 1.29 is 23.8 Å².